The van der Waals surface area contributed by atoms with Crippen molar-refractivity contribution in [3.63, 3.8) is 0 Å². The van der Waals surface area contributed by atoms with Crippen molar-refractivity contribution in [3.05, 3.63) is 17.3 Å². The Kier molecular flexibility index (Phi) is 8.03. The number of alkyl halides is 1. The lowest BCUT2D eigenvalue weighted by molar-refractivity contribution is 0.194. The van der Waals surface area contributed by atoms with Crippen LogP contribution in [0.25, 0.3) is 0 Å². The maximum atomic E-state index is 12.1. The van der Waals surface area contributed by atoms with Gasteiger partial charge in [-0.25, -0.2) is 9.78 Å². The number of ether oxygens (including phenoxy) is 2. The maximum Gasteiger partial charge on any atom is 0.404 e. The molecule has 1 rings (SSSR count). The molecular weight excluding hydrogens is 291 g/mol. The number of carbonyl (C=O) groups is 1. The summed E-state index contributed by atoms with van der Waals surface area (Å²) < 4.78 is 22.7. The molecule has 124 valence electrons. The van der Waals surface area contributed by atoms with Gasteiger partial charge >= 0.3 is 6.09 Å². The van der Waals surface area contributed by atoms with Gasteiger partial charge in [-0.15, -0.1) is 0 Å². The number of hydrogen-bond acceptors (Lipinski definition) is 4. The van der Waals surface area contributed by atoms with Crippen LogP contribution >= 0.6 is 0 Å². The third kappa shape index (κ3) is 5.75. The van der Waals surface area contributed by atoms with Crippen molar-refractivity contribution in [2.24, 2.45) is 0 Å². The highest BCUT2D eigenvalue weighted by Gasteiger charge is 2.13. The fourth-order valence-corrected chi connectivity index (χ4v) is 2.14. The van der Waals surface area contributed by atoms with Crippen LogP contribution in [0.2, 0.25) is 0 Å². The van der Waals surface area contributed by atoms with Crippen molar-refractivity contribution < 1.29 is 23.8 Å². The summed E-state index contributed by atoms with van der Waals surface area (Å²) in [6.07, 6.45) is 2.30. The molecule has 0 aromatic carbocycles. The van der Waals surface area contributed by atoms with E-state index in [4.69, 9.17) is 14.6 Å². The molecule has 1 aromatic rings. The summed E-state index contributed by atoms with van der Waals surface area (Å²) >= 11 is 0. The summed E-state index contributed by atoms with van der Waals surface area (Å²) in [6.45, 7) is -0.0497. The normalized spacial score (nSPS) is 10.3. The number of nitrogens with zero attached hydrogens (tertiary/aromatic N) is 1. The molecule has 6 nitrogen and oxygen atoms in total. The number of methoxy groups -OCH3 is 2. The van der Waals surface area contributed by atoms with Crippen LogP contribution in [0.3, 0.4) is 0 Å². The Labute approximate surface area is 129 Å². The summed E-state index contributed by atoms with van der Waals surface area (Å²) in [5.41, 5.74) is 1.55. The number of aromatic nitrogens is 1. The molecule has 1 aromatic heterocycles. The first-order valence-corrected chi connectivity index (χ1v) is 7.25. The average Bonchev–Trinajstić information content (AvgIpc) is 2.51. The van der Waals surface area contributed by atoms with Gasteiger partial charge in [-0.1, -0.05) is 6.42 Å². The smallest absolute Gasteiger partial charge is 0.404 e. The Morgan fingerprint density at radius 1 is 1.27 bits per heavy atom. The van der Waals surface area contributed by atoms with Crippen LogP contribution in [0.4, 0.5) is 9.18 Å². The lowest BCUT2D eigenvalue weighted by Gasteiger charge is -2.14. The standard InChI is InChI=1S/C15H23FN2O4/c1-21-13-10-11(6-4-3-5-8-16)14(22-2)18-12(13)7-9-17-15(19)20/h10,17H,3-9H2,1-2H3,(H,19,20). The minimum absolute atomic E-state index is 0.248. The van der Waals surface area contributed by atoms with Gasteiger partial charge < -0.3 is 19.9 Å². The summed E-state index contributed by atoms with van der Waals surface area (Å²) in [5, 5.41) is 10.9. The van der Waals surface area contributed by atoms with Crippen molar-refractivity contribution in [1.82, 2.24) is 10.3 Å². The summed E-state index contributed by atoms with van der Waals surface area (Å²) in [4.78, 5) is 14.9. The fraction of sp³-hybridized carbons (Fsp3) is 0.600. The van der Waals surface area contributed by atoms with E-state index in [1.165, 1.54) is 0 Å². The highest BCUT2D eigenvalue weighted by atomic mass is 19.1. The summed E-state index contributed by atoms with van der Waals surface area (Å²) in [5.74, 6) is 1.11. The van der Waals surface area contributed by atoms with Gasteiger partial charge in [0.2, 0.25) is 5.88 Å². The topological polar surface area (TPSA) is 80.7 Å². The van der Waals surface area contributed by atoms with Crippen LogP contribution in [-0.2, 0) is 12.8 Å². The van der Waals surface area contributed by atoms with E-state index in [0.717, 1.165) is 24.8 Å². The molecule has 0 fully saturated rings. The molecule has 22 heavy (non-hydrogen) atoms. The van der Waals surface area contributed by atoms with Gasteiger partial charge in [0.1, 0.15) is 5.75 Å². The van der Waals surface area contributed by atoms with Crippen LogP contribution in [0.1, 0.15) is 30.5 Å². The number of unbranched alkanes of at least 4 members (excludes halogenated alkanes) is 2. The second kappa shape index (κ2) is 9.81. The zero-order valence-electron chi connectivity index (χ0n) is 13.0. The molecule has 1 amide bonds. The molecule has 0 spiro atoms. The van der Waals surface area contributed by atoms with Crippen LogP contribution < -0.4 is 14.8 Å². The minimum Gasteiger partial charge on any atom is -0.495 e. The first-order chi connectivity index (χ1) is 10.6. The number of aryl methyl sites for hydroxylation is 1. The van der Waals surface area contributed by atoms with E-state index in [1.807, 2.05) is 6.07 Å². The number of rotatable bonds is 10. The number of carboxylic acid groups (broad SMARTS) is 1. The molecule has 7 heteroatoms. The molecule has 2 N–H and O–H groups in total. The number of halogens is 1. The first kappa shape index (κ1) is 18.0. The van der Waals surface area contributed by atoms with Gasteiger partial charge in [-0.3, -0.25) is 4.39 Å². The lowest BCUT2D eigenvalue weighted by atomic mass is 10.1. The van der Waals surface area contributed by atoms with Crippen LogP contribution in [-0.4, -0.2) is 43.6 Å². The SMILES string of the molecule is COc1cc(CCCCCF)c(OC)nc1CCNC(=O)O. The van der Waals surface area contributed by atoms with E-state index >= 15 is 0 Å². The molecule has 0 bridgehead atoms. The Hall–Kier alpha value is -2.05. The highest BCUT2D eigenvalue weighted by molar-refractivity contribution is 5.64. The van der Waals surface area contributed by atoms with E-state index in [-0.39, 0.29) is 13.2 Å². The molecule has 0 aliphatic carbocycles. The molecule has 0 unspecified atom stereocenters. The van der Waals surface area contributed by atoms with Crippen LogP contribution in [0.5, 0.6) is 11.6 Å². The van der Waals surface area contributed by atoms with Gasteiger partial charge in [-0.2, -0.15) is 0 Å². The van der Waals surface area contributed by atoms with Crippen molar-refractivity contribution in [3.8, 4) is 11.6 Å². The second-order valence-electron chi connectivity index (χ2n) is 4.79. The third-order valence-corrected chi connectivity index (χ3v) is 3.23. The van der Waals surface area contributed by atoms with Gasteiger partial charge in [-0.05, 0) is 25.3 Å². The lowest BCUT2D eigenvalue weighted by Crippen LogP contribution is -2.23. The predicted molar refractivity (Wildman–Crippen MR) is 80.6 cm³/mol. The molecule has 0 saturated heterocycles. The molecule has 0 radical (unpaired) electrons. The molecule has 0 atom stereocenters. The van der Waals surface area contributed by atoms with Crippen molar-refractivity contribution in [1.29, 1.82) is 0 Å². The molecule has 0 saturated carbocycles. The quantitative estimate of drug-likeness (QED) is 0.649. The Morgan fingerprint density at radius 2 is 2.05 bits per heavy atom. The Bertz CT molecular complexity index is 483. The molecule has 1 heterocycles. The average molecular weight is 314 g/mol. The largest absolute Gasteiger partial charge is 0.495 e. The van der Waals surface area contributed by atoms with E-state index in [9.17, 15) is 9.18 Å². The van der Waals surface area contributed by atoms with E-state index in [1.54, 1.807) is 14.2 Å². The number of nitrogens with one attached hydrogen (secondary N) is 1. The van der Waals surface area contributed by atoms with Crippen LogP contribution in [0, 0.1) is 0 Å². The first-order valence-electron chi connectivity index (χ1n) is 7.25. The van der Waals surface area contributed by atoms with Crippen molar-refractivity contribution >= 4 is 6.09 Å². The van der Waals surface area contributed by atoms with E-state index < -0.39 is 6.09 Å². The summed E-state index contributed by atoms with van der Waals surface area (Å²) in [7, 11) is 3.09. The maximum absolute atomic E-state index is 12.1. The molecular formula is C15H23FN2O4. The highest BCUT2D eigenvalue weighted by Crippen LogP contribution is 2.27. The Balaban J connectivity index is 2.79. The zero-order valence-corrected chi connectivity index (χ0v) is 13.0. The zero-order chi connectivity index (χ0) is 16.4. The van der Waals surface area contributed by atoms with Crippen molar-refractivity contribution in [2.45, 2.75) is 32.1 Å². The third-order valence-electron chi connectivity index (χ3n) is 3.23. The number of amides is 1. The molecule has 0 aliphatic heterocycles. The predicted octanol–water partition coefficient (Wildman–Crippen LogP) is 2.59. The van der Waals surface area contributed by atoms with Crippen LogP contribution in [0.15, 0.2) is 6.07 Å². The summed E-state index contributed by atoms with van der Waals surface area (Å²) in [6, 6.07) is 1.86. The van der Waals surface area contributed by atoms with Crippen molar-refractivity contribution in [2.75, 3.05) is 27.4 Å². The van der Waals surface area contributed by atoms with Gasteiger partial charge in [0, 0.05) is 18.5 Å². The second-order valence-corrected chi connectivity index (χ2v) is 4.79. The van der Waals surface area contributed by atoms with Gasteiger partial charge in [0.05, 0.1) is 26.6 Å². The van der Waals surface area contributed by atoms with Gasteiger partial charge in [0.25, 0.3) is 0 Å². The van der Waals surface area contributed by atoms with E-state index in [2.05, 4.69) is 10.3 Å². The minimum atomic E-state index is -1.07. The number of pyridine rings is 1. The monoisotopic (exact) mass is 314 g/mol. The Morgan fingerprint density at radius 3 is 2.64 bits per heavy atom. The fourth-order valence-electron chi connectivity index (χ4n) is 2.14. The number of hydrogen-bond donors (Lipinski definition) is 2. The van der Waals surface area contributed by atoms with Gasteiger partial charge in [0.15, 0.2) is 0 Å². The molecule has 0 aliphatic rings. The van der Waals surface area contributed by atoms with E-state index in [0.29, 0.717) is 30.2 Å².